The van der Waals surface area contributed by atoms with E-state index in [2.05, 4.69) is 0 Å². The van der Waals surface area contributed by atoms with Crippen LogP contribution in [0.2, 0.25) is 0 Å². The molecule has 1 saturated carbocycles. The van der Waals surface area contributed by atoms with Crippen molar-refractivity contribution in [3.63, 3.8) is 0 Å². The number of rotatable bonds is 2. The van der Waals surface area contributed by atoms with Crippen LogP contribution in [0.15, 0.2) is 0 Å². The minimum absolute atomic E-state index is 0.330. The summed E-state index contributed by atoms with van der Waals surface area (Å²) in [5.74, 6) is -3.00. The third-order valence-electron chi connectivity index (χ3n) is 2.75. The van der Waals surface area contributed by atoms with E-state index in [-0.39, 0.29) is 0 Å². The summed E-state index contributed by atoms with van der Waals surface area (Å²) in [6, 6.07) is 0. The molecule has 1 fully saturated rings. The second-order valence-electron chi connectivity index (χ2n) is 3.81. The first-order valence-electron chi connectivity index (χ1n) is 4.48. The van der Waals surface area contributed by atoms with Crippen molar-refractivity contribution in [2.45, 2.75) is 26.2 Å². The van der Waals surface area contributed by atoms with E-state index in [0.717, 1.165) is 6.42 Å². The third-order valence-corrected chi connectivity index (χ3v) is 2.75. The molecule has 0 heterocycles. The molecule has 0 aromatic heterocycles. The molecule has 1 rings (SSSR count). The Morgan fingerprint density at radius 1 is 1.08 bits per heavy atom. The maximum absolute atomic E-state index is 10.8. The van der Waals surface area contributed by atoms with Crippen LogP contribution in [0.1, 0.15) is 26.2 Å². The zero-order chi connectivity index (χ0) is 10.0. The van der Waals surface area contributed by atoms with Crippen molar-refractivity contribution >= 4 is 11.9 Å². The maximum atomic E-state index is 10.8. The van der Waals surface area contributed by atoms with Crippen LogP contribution in [0.5, 0.6) is 0 Å². The molecule has 0 aromatic carbocycles. The van der Waals surface area contributed by atoms with Gasteiger partial charge in [-0.3, -0.25) is 9.59 Å². The number of carboxylic acid groups (broad SMARTS) is 2. The fraction of sp³-hybridized carbons (Fsp3) is 0.778. The van der Waals surface area contributed by atoms with Crippen molar-refractivity contribution in [3.05, 3.63) is 0 Å². The SMILES string of the molecule is CC1CCC(C(=O)O)C(C(=O)O)C1. The summed E-state index contributed by atoms with van der Waals surface area (Å²) in [5, 5.41) is 17.6. The Labute approximate surface area is 76.6 Å². The first-order chi connectivity index (χ1) is 6.02. The van der Waals surface area contributed by atoms with Gasteiger partial charge in [0.15, 0.2) is 0 Å². The van der Waals surface area contributed by atoms with Gasteiger partial charge in [-0.05, 0) is 25.2 Å². The van der Waals surface area contributed by atoms with Crippen molar-refractivity contribution in [1.82, 2.24) is 0 Å². The first-order valence-corrected chi connectivity index (χ1v) is 4.48. The molecule has 74 valence electrons. The highest BCUT2D eigenvalue weighted by Crippen LogP contribution is 2.33. The Morgan fingerprint density at radius 2 is 1.62 bits per heavy atom. The lowest BCUT2D eigenvalue weighted by Gasteiger charge is -2.29. The van der Waals surface area contributed by atoms with E-state index in [1.807, 2.05) is 6.92 Å². The molecule has 0 saturated heterocycles. The van der Waals surface area contributed by atoms with Gasteiger partial charge in [0.2, 0.25) is 0 Å². The van der Waals surface area contributed by atoms with E-state index in [1.54, 1.807) is 0 Å². The smallest absolute Gasteiger partial charge is 0.307 e. The third kappa shape index (κ3) is 2.20. The van der Waals surface area contributed by atoms with Gasteiger partial charge >= 0.3 is 11.9 Å². The van der Waals surface area contributed by atoms with Crippen LogP contribution in [0.4, 0.5) is 0 Å². The predicted molar refractivity (Wildman–Crippen MR) is 45.3 cm³/mol. The number of hydrogen-bond donors (Lipinski definition) is 2. The first kappa shape index (κ1) is 10.0. The van der Waals surface area contributed by atoms with Gasteiger partial charge in [-0.1, -0.05) is 6.92 Å². The van der Waals surface area contributed by atoms with E-state index in [4.69, 9.17) is 10.2 Å². The molecule has 0 radical (unpaired) electrons. The van der Waals surface area contributed by atoms with Crippen molar-refractivity contribution in [3.8, 4) is 0 Å². The predicted octanol–water partition coefficient (Wildman–Crippen LogP) is 1.21. The lowest BCUT2D eigenvalue weighted by Crippen LogP contribution is -2.34. The minimum atomic E-state index is -0.973. The normalized spacial score (nSPS) is 34.1. The molecular formula is C9H14O4. The van der Waals surface area contributed by atoms with Crippen molar-refractivity contribution < 1.29 is 19.8 Å². The van der Waals surface area contributed by atoms with E-state index in [9.17, 15) is 9.59 Å². The molecule has 4 nitrogen and oxygen atoms in total. The minimum Gasteiger partial charge on any atom is -0.481 e. The van der Waals surface area contributed by atoms with Gasteiger partial charge in [-0.15, -0.1) is 0 Å². The second kappa shape index (κ2) is 3.77. The zero-order valence-electron chi connectivity index (χ0n) is 7.56. The molecule has 1 aliphatic carbocycles. The van der Waals surface area contributed by atoms with Crippen LogP contribution >= 0.6 is 0 Å². The molecule has 4 heteroatoms. The highest BCUT2D eigenvalue weighted by Gasteiger charge is 2.37. The Morgan fingerprint density at radius 3 is 2.08 bits per heavy atom. The number of carbonyl (C=O) groups is 2. The Kier molecular flexibility index (Phi) is 2.90. The van der Waals surface area contributed by atoms with Crippen LogP contribution in [-0.2, 0) is 9.59 Å². The average Bonchev–Trinajstić information content (AvgIpc) is 2.03. The van der Waals surface area contributed by atoms with Crippen molar-refractivity contribution in [1.29, 1.82) is 0 Å². The largest absolute Gasteiger partial charge is 0.481 e. The Balaban J connectivity index is 2.72. The Bertz CT molecular complexity index is 224. The van der Waals surface area contributed by atoms with Crippen LogP contribution in [0.25, 0.3) is 0 Å². The molecule has 0 amide bonds. The second-order valence-corrected chi connectivity index (χ2v) is 3.81. The number of aliphatic carboxylic acids is 2. The topological polar surface area (TPSA) is 74.6 Å². The van der Waals surface area contributed by atoms with Gasteiger partial charge in [0.25, 0.3) is 0 Å². The maximum Gasteiger partial charge on any atom is 0.307 e. The average molecular weight is 186 g/mol. The fourth-order valence-electron chi connectivity index (χ4n) is 1.95. The quantitative estimate of drug-likeness (QED) is 0.679. The molecule has 13 heavy (non-hydrogen) atoms. The van der Waals surface area contributed by atoms with Gasteiger partial charge in [-0.2, -0.15) is 0 Å². The number of hydrogen-bond acceptors (Lipinski definition) is 2. The van der Waals surface area contributed by atoms with Crippen LogP contribution in [0.3, 0.4) is 0 Å². The van der Waals surface area contributed by atoms with E-state index in [1.165, 1.54) is 0 Å². The molecule has 1 aliphatic rings. The van der Waals surface area contributed by atoms with Gasteiger partial charge in [0.1, 0.15) is 0 Å². The lowest BCUT2D eigenvalue weighted by atomic mass is 9.75. The summed E-state index contributed by atoms with van der Waals surface area (Å²) in [7, 11) is 0. The summed E-state index contributed by atoms with van der Waals surface area (Å²) >= 11 is 0. The summed E-state index contributed by atoms with van der Waals surface area (Å²) in [4.78, 5) is 21.5. The lowest BCUT2D eigenvalue weighted by molar-refractivity contribution is -0.156. The summed E-state index contributed by atoms with van der Waals surface area (Å²) in [6.45, 7) is 1.97. The van der Waals surface area contributed by atoms with Crippen LogP contribution in [0, 0.1) is 17.8 Å². The van der Waals surface area contributed by atoms with Crippen molar-refractivity contribution in [2.24, 2.45) is 17.8 Å². The molecule has 3 atom stereocenters. The molecule has 3 unspecified atom stereocenters. The summed E-state index contributed by atoms with van der Waals surface area (Å²) in [5.41, 5.74) is 0. The van der Waals surface area contributed by atoms with E-state index < -0.39 is 23.8 Å². The van der Waals surface area contributed by atoms with E-state index >= 15 is 0 Å². The standard InChI is InChI=1S/C9H14O4/c1-5-2-3-6(8(10)11)7(4-5)9(12)13/h5-7H,2-4H2,1H3,(H,10,11)(H,12,13). The van der Waals surface area contributed by atoms with Gasteiger partial charge in [-0.25, -0.2) is 0 Å². The zero-order valence-corrected chi connectivity index (χ0v) is 7.56. The molecule has 0 aliphatic heterocycles. The highest BCUT2D eigenvalue weighted by molar-refractivity contribution is 5.80. The molecule has 2 N–H and O–H groups in total. The fourth-order valence-corrected chi connectivity index (χ4v) is 1.95. The van der Waals surface area contributed by atoms with Gasteiger partial charge in [0.05, 0.1) is 11.8 Å². The van der Waals surface area contributed by atoms with Gasteiger partial charge in [0, 0.05) is 0 Å². The van der Waals surface area contributed by atoms with Crippen LogP contribution < -0.4 is 0 Å². The highest BCUT2D eigenvalue weighted by atomic mass is 16.4. The van der Waals surface area contributed by atoms with Crippen LogP contribution in [-0.4, -0.2) is 22.2 Å². The van der Waals surface area contributed by atoms with Gasteiger partial charge < -0.3 is 10.2 Å². The molecule has 0 bridgehead atoms. The summed E-state index contributed by atoms with van der Waals surface area (Å²) < 4.78 is 0. The number of carboxylic acids is 2. The van der Waals surface area contributed by atoms with Crippen molar-refractivity contribution in [2.75, 3.05) is 0 Å². The summed E-state index contributed by atoms with van der Waals surface area (Å²) in [6.07, 6.45) is 1.81. The molecular weight excluding hydrogens is 172 g/mol. The Hall–Kier alpha value is -1.06. The molecule has 0 aromatic rings. The molecule has 0 spiro atoms. The monoisotopic (exact) mass is 186 g/mol. The van der Waals surface area contributed by atoms with E-state index in [0.29, 0.717) is 18.8 Å².